The molecule has 2 rings (SSSR count). The molecule has 6 nitrogen and oxygen atoms in total. The van der Waals surface area contributed by atoms with Crippen LogP contribution in [0.3, 0.4) is 0 Å². The van der Waals surface area contributed by atoms with Gasteiger partial charge in [-0.15, -0.1) is 0 Å². The summed E-state index contributed by atoms with van der Waals surface area (Å²) in [6, 6.07) is 14.3. The minimum atomic E-state index is -0.406. The number of ether oxygens (including phenoxy) is 2. The van der Waals surface area contributed by atoms with E-state index in [4.69, 9.17) is 9.47 Å². The van der Waals surface area contributed by atoms with E-state index in [0.29, 0.717) is 30.4 Å². The summed E-state index contributed by atoms with van der Waals surface area (Å²) in [7, 11) is 0. The van der Waals surface area contributed by atoms with Gasteiger partial charge in [0, 0.05) is 5.69 Å². The second-order valence-electron chi connectivity index (χ2n) is 5.53. The first-order chi connectivity index (χ1) is 12.7. The Hall–Kier alpha value is -3.02. The number of urea groups is 1. The average molecular weight is 355 g/mol. The molecule has 0 saturated carbocycles. The monoisotopic (exact) mass is 355 g/mol. The van der Waals surface area contributed by atoms with Crippen molar-refractivity contribution in [3.63, 3.8) is 0 Å². The Kier molecular flexibility index (Phi) is 7.99. The maximum Gasteiger partial charge on any atom is 0.339 e. The number of carbonyl (C=O) groups excluding carboxylic acids is 1. The van der Waals surface area contributed by atoms with Crippen LogP contribution >= 0.6 is 0 Å². The Bertz CT molecular complexity index is 717. The Balaban J connectivity index is 1.93. The first-order valence-corrected chi connectivity index (χ1v) is 8.77. The number of carbonyl (C=O) groups is 1. The topological polar surface area (TPSA) is 72.0 Å². The predicted molar refractivity (Wildman–Crippen MR) is 104 cm³/mol. The standard InChI is InChI=1S/C20H25N3O3/c1-3-5-13-26-18-12-11-16(14-19(18)25-4-2)15-21-23-20(24)22-17-9-7-6-8-10-17/h6-12,14-15H,3-5,13H2,1-2H3,(H2,22,23,24)/b21-15+. The minimum Gasteiger partial charge on any atom is -0.490 e. The van der Waals surface area contributed by atoms with Crippen LogP contribution in [0.4, 0.5) is 10.5 Å². The van der Waals surface area contributed by atoms with Crippen molar-refractivity contribution in [1.29, 1.82) is 0 Å². The Morgan fingerprint density at radius 1 is 1.08 bits per heavy atom. The highest BCUT2D eigenvalue weighted by molar-refractivity contribution is 5.90. The zero-order chi connectivity index (χ0) is 18.6. The van der Waals surface area contributed by atoms with E-state index in [2.05, 4.69) is 22.8 Å². The van der Waals surface area contributed by atoms with Gasteiger partial charge >= 0.3 is 6.03 Å². The number of hydrogen-bond acceptors (Lipinski definition) is 4. The summed E-state index contributed by atoms with van der Waals surface area (Å²) in [5, 5.41) is 6.65. The summed E-state index contributed by atoms with van der Waals surface area (Å²) in [4.78, 5) is 11.8. The highest BCUT2D eigenvalue weighted by Crippen LogP contribution is 2.28. The fourth-order valence-corrected chi connectivity index (χ4v) is 2.16. The van der Waals surface area contributed by atoms with Crippen molar-refractivity contribution in [2.24, 2.45) is 5.10 Å². The van der Waals surface area contributed by atoms with Crippen LogP contribution in [0.5, 0.6) is 11.5 Å². The van der Waals surface area contributed by atoms with E-state index in [1.807, 2.05) is 43.3 Å². The summed E-state index contributed by atoms with van der Waals surface area (Å²) < 4.78 is 11.4. The lowest BCUT2D eigenvalue weighted by Crippen LogP contribution is -2.24. The van der Waals surface area contributed by atoms with E-state index < -0.39 is 6.03 Å². The molecule has 26 heavy (non-hydrogen) atoms. The van der Waals surface area contributed by atoms with Crippen LogP contribution in [0.2, 0.25) is 0 Å². The van der Waals surface area contributed by atoms with Crippen LogP contribution in [-0.4, -0.2) is 25.5 Å². The number of hydrazone groups is 1. The third kappa shape index (κ3) is 6.47. The largest absolute Gasteiger partial charge is 0.490 e. The van der Waals surface area contributed by atoms with Gasteiger partial charge in [-0.3, -0.25) is 0 Å². The molecule has 0 aliphatic rings. The van der Waals surface area contributed by atoms with Gasteiger partial charge in [0.1, 0.15) is 0 Å². The molecule has 2 aromatic rings. The number of hydrogen-bond donors (Lipinski definition) is 2. The molecule has 138 valence electrons. The molecule has 0 aliphatic carbocycles. The number of nitrogens with zero attached hydrogens (tertiary/aromatic N) is 1. The molecule has 0 saturated heterocycles. The second-order valence-corrected chi connectivity index (χ2v) is 5.53. The number of rotatable bonds is 9. The molecule has 0 unspecified atom stereocenters. The van der Waals surface area contributed by atoms with Gasteiger partial charge in [0.15, 0.2) is 11.5 Å². The van der Waals surface area contributed by atoms with Gasteiger partial charge < -0.3 is 14.8 Å². The zero-order valence-electron chi connectivity index (χ0n) is 15.2. The molecule has 2 amide bonds. The second kappa shape index (κ2) is 10.8. The third-order valence-corrected chi connectivity index (χ3v) is 3.43. The van der Waals surface area contributed by atoms with Gasteiger partial charge in [0.25, 0.3) is 0 Å². The van der Waals surface area contributed by atoms with Crippen LogP contribution in [0.25, 0.3) is 0 Å². The average Bonchev–Trinajstić information content (AvgIpc) is 2.64. The number of benzene rings is 2. The predicted octanol–water partition coefficient (Wildman–Crippen LogP) is 4.42. The van der Waals surface area contributed by atoms with Crippen molar-refractivity contribution in [2.75, 3.05) is 18.5 Å². The molecule has 0 heterocycles. The van der Waals surface area contributed by atoms with Crippen LogP contribution in [-0.2, 0) is 0 Å². The van der Waals surface area contributed by atoms with Crippen molar-refractivity contribution in [1.82, 2.24) is 5.43 Å². The number of anilines is 1. The van der Waals surface area contributed by atoms with Crippen LogP contribution < -0.4 is 20.2 Å². The fourth-order valence-electron chi connectivity index (χ4n) is 2.16. The van der Waals surface area contributed by atoms with E-state index >= 15 is 0 Å². The van der Waals surface area contributed by atoms with E-state index in [0.717, 1.165) is 18.4 Å². The highest BCUT2D eigenvalue weighted by atomic mass is 16.5. The quantitative estimate of drug-likeness (QED) is 0.397. The Morgan fingerprint density at radius 3 is 2.62 bits per heavy atom. The van der Waals surface area contributed by atoms with E-state index in [1.165, 1.54) is 0 Å². The van der Waals surface area contributed by atoms with Crippen molar-refractivity contribution < 1.29 is 14.3 Å². The Morgan fingerprint density at radius 2 is 1.88 bits per heavy atom. The number of amides is 2. The number of para-hydroxylation sites is 1. The van der Waals surface area contributed by atoms with Gasteiger partial charge in [-0.25, -0.2) is 10.2 Å². The van der Waals surface area contributed by atoms with E-state index in [9.17, 15) is 4.79 Å². The van der Waals surface area contributed by atoms with Gasteiger partial charge in [0.05, 0.1) is 19.4 Å². The number of nitrogens with one attached hydrogen (secondary N) is 2. The lowest BCUT2D eigenvalue weighted by Gasteiger charge is -2.12. The van der Waals surface area contributed by atoms with Gasteiger partial charge in [-0.05, 0) is 49.2 Å². The maximum atomic E-state index is 11.8. The van der Waals surface area contributed by atoms with Crippen molar-refractivity contribution in [2.45, 2.75) is 26.7 Å². The molecule has 0 aliphatic heterocycles. The van der Waals surface area contributed by atoms with Crippen molar-refractivity contribution in [3.8, 4) is 11.5 Å². The first-order valence-electron chi connectivity index (χ1n) is 8.77. The third-order valence-electron chi connectivity index (χ3n) is 3.43. The summed E-state index contributed by atoms with van der Waals surface area (Å²) in [5.41, 5.74) is 3.94. The van der Waals surface area contributed by atoms with Gasteiger partial charge in [-0.1, -0.05) is 31.5 Å². The van der Waals surface area contributed by atoms with Gasteiger partial charge in [-0.2, -0.15) is 5.10 Å². The molecule has 6 heteroatoms. The minimum absolute atomic E-state index is 0.406. The molecule has 0 aromatic heterocycles. The summed E-state index contributed by atoms with van der Waals surface area (Å²) in [6.45, 7) is 5.24. The van der Waals surface area contributed by atoms with Crippen LogP contribution in [0.15, 0.2) is 53.6 Å². The van der Waals surface area contributed by atoms with Gasteiger partial charge in [0.2, 0.25) is 0 Å². The van der Waals surface area contributed by atoms with E-state index in [1.54, 1.807) is 18.3 Å². The SMILES string of the molecule is CCCCOc1ccc(/C=N/NC(=O)Nc2ccccc2)cc1OCC. The first kappa shape index (κ1) is 19.3. The molecule has 2 aromatic carbocycles. The normalized spacial score (nSPS) is 10.5. The van der Waals surface area contributed by atoms with Crippen molar-refractivity contribution in [3.05, 3.63) is 54.1 Å². The molecule has 0 radical (unpaired) electrons. The fraction of sp³-hybridized carbons (Fsp3) is 0.300. The van der Waals surface area contributed by atoms with Crippen LogP contribution in [0, 0.1) is 0 Å². The summed E-state index contributed by atoms with van der Waals surface area (Å²) in [5.74, 6) is 1.38. The van der Waals surface area contributed by atoms with Crippen molar-refractivity contribution >= 4 is 17.9 Å². The molecule has 2 N–H and O–H groups in total. The highest BCUT2D eigenvalue weighted by Gasteiger charge is 2.06. The molecule has 0 fully saturated rings. The molecule has 0 spiro atoms. The maximum absolute atomic E-state index is 11.8. The molecule has 0 atom stereocenters. The van der Waals surface area contributed by atoms with Crippen LogP contribution in [0.1, 0.15) is 32.3 Å². The Labute approximate surface area is 154 Å². The summed E-state index contributed by atoms with van der Waals surface area (Å²) >= 11 is 0. The lowest BCUT2D eigenvalue weighted by atomic mass is 10.2. The molecule has 0 bridgehead atoms. The smallest absolute Gasteiger partial charge is 0.339 e. The number of unbranched alkanes of at least 4 members (excludes halogenated alkanes) is 1. The van der Waals surface area contributed by atoms with E-state index in [-0.39, 0.29) is 0 Å². The lowest BCUT2D eigenvalue weighted by molar-refractivity contribution is 0.252. The zero-order valence-corrected chi connectivity index (χ0v) is 15.2. The molecular formula is C20H25N3O3. The molecular weight excluding hydrogens is 330 g/mol. The summed E-state index contributed by atoms with van der Waals surface area (Å²) in [6.07, 6.45) is 3.63.